The maximum absolute atomic E-state index is 11.3. The Balaban J connectivity index is 2.24. The molecule has 3 heteroatoms. The first-order chi connectivity index (χ1) is 6.61. The molecule has 1 fully saturated rings. The molecule has 0 N–H and O–H groups in total. The average Bonchev–Trinajstić information content (AvgIpc) is 2.21. The Morgan fingerprint density at radius 2 is 1.86 bits per heavy atom. The minimum absolute atomic E-state index is 0.0983. The lowest BCUT2D eigenvalue weighted by molar-refractivity contribution is -0.152. The highest BCUT2D eigenvalue weighted by atomic mass is 35.5. The number of β-lactam (4-membered cyclic amide) rings is 1. The number of nitrogens with zero attached hydrogens (tertiary/aromatic N) is 1. The number of amides is 1. The van der Waals surface area contributed by atoms with Crippen LogP contribution in [0.1, 0.15) is 18.5 Å². The summed E-state index contributed by atoms with van der Waals surface area (Å²) in [6.45, 7) is 1.96. The second-order valence-corrected chi connectivity index (χ2v) is 4.17. The van der Waals surface area contributed by atoms with Gasteiger partial charge in [-0.05, 0) is 17.7 Å². The lowest BCUT2D eigenvalue weighted by Gasteiger charge is -2.43. The van der Waals surface area contributed by atoms with Crippen molar-refractivity contribution < 1.29 is 4.79 Å². The van der Waals surface area contributed by atoms with Gasteiger partial charge in [0.15, 0.2) is 0 Å². The second-order valence-electron chi connectivity index (χ2n) is 3.73. The van der Waals surface area contributed by atoms with E-state index >= 15 is 0 Å². The van der Waals surface area contributed by atoms with Crippen molar-refractivity contribution in [2.24, 2.45) is 5.92 Å². The van der Waals surface area contributed by atoms with Gasteiger partial charge in [0.25, 0.3) is 0 Å². The van der Waals surface area contributed by atoms with Gasteiger partial charge in [-0.25, -0.2) is 0 Å². The minimum atomic E-state index is 0.0983. The molecule has 0 spiro atoms. The molecule has 14 heavy (non-hydrogen) atoms. The zero-order valence-corrected chi connectivity index (χ0v) is 8.95. The molecule has 1 amide bonds. The summed E-state index contributed by atoms with van der Waals surface area (Å²) in [5.74, 6) is 0.311. The number of hydrogen-bond donors (Lipinski definition) is 0. The van der Waals surface area contributed by atoms with E-state index in [1.54, 1.807) is 4.90 Å². The largest absolute Gasteiger partial charge is 0.338 e. The highest BCUT2D eigenvalue weighted by molar-refractivity contribution is 6.30. The lowest BCUT2D eigenvalue weighted by Crippen LogP contribution is -2.51. The molecule has 0 saturated carbocycles. The molecule has 1 aromatic carbocycles. The molecular formula is C11H12ClNO. The maximum Gasteiger partial charge on any atom is 0.228 e. The number of carbonyl (C=O) groups excluding carboxylic acids is 1. The number of likely N-dealkylation sites (tertiary alicyclic amines) is 1. The summed E-state index contributed by atoms with van der Waals surface area (Å²) in [6.07, 6.45) is 0. The monoisotopic (exact) mass is 209 g/mol. The van der Waals surface area contributed by atoms with Crippen molar-refractivity contribution in [3.05, 3.63) is 34.9 Å². The van der Waals surface area contributed by atoms with Gasteiger partial charge in [0.05, 0.1) is 12.0 Å². The van der Waals surface area contributed by atoms with Crippen molar-refractivity contribution in [1.82, 2.24) is 4.90 Å². The van der Waals surface area contributed by atoms with E-state index in [1.807, 2.05) is 38.2 Å². The Kier molecular flexibility index (Phi) is 2.23. The van der Waals surface area contributed by atoms with Gasteiger partial charge in [-0.15, -0.1) is 0 Å². The fourth-order valence-corrected chi connectivity index (χ4v) is 2.14. The summed E-state index contributed by atoms with van der Waals surface area (Å²) >= 11 is 5.80. The predicted octanol–water partition coefficient (Wildman–Crippen LogP) is 2.49. The minimum Gasteiger partial charge on any atom is -0.338 e. The van der Waals surface area contributed by atoms with Crippen molar-refractivity contribution in [2.75, 3.05) is 7.05 Å². The van der Waals surface area contributed by atoms with Crippen LogP contribution in [0.4, 0.5) is 0 Å². The average molecular weight is 210 g/mol. The summed E-state index contributed by atoms with van der Waals surface area (Å²) in [5, 5.41) is 0.731. The quantitative estimate of drug-likeness (QED) is 0.651. The highest BCUT2D eigenvalue weighted by Crippen LogP contribution is 2.38. The Hall–Kier alpha value is -1.02. The van der Waals surface area contributed by atoms with E-state index in [0.717, 1.165) is 10.6 Å². The van der Waals surface area contributed by atoms with E-state index in [9.17, 15) is 4.79 Å². The van der Waals surface area contributed by atoms with Crippen LogP contribution in [0.15, 0.2) is 24.3 Å². The zero-order chi connectivity index (χ0) is 10.3. The van der Waals surface area contributed by atoms with Crippen LogP contribution in [0.3, 0.4) is 0 Å². The molecule has 0 bridgehead atoms. The molecule has 74 valence electrons. The third-order valence-corrected chi connectivity index (χ3v) is 3.09. The van der Waals surface area contributed by atoms with Crippen LogP contribution < -0.4 is 0 Å². The second kappa shape index (κ2) is 3.28. The number of benzene rings is 1. The molecule has 1 aliphatic heterocycles. The van der Waals surface area contributed by atoms with E-state index < -0.39 is 0 Å². The van der Waals surface area contributed by atoms with E-state index in [4.69, 9.17) is 11.6 Å². The molecule has 0 aromatic heterocycles. The summed E-state index contributed by atoms with van der Waals surface area (Å²) in [4.78, 5) is 13.1. The third kappa shape index (κ3) is 1.30. The Bertz CT molecular complexity index is 348. The SMILES string of the molecule is C[C@H]1C(=O)N(C)[C@@H]1c1ccc(Cl)cc1. The standard InChI is InChI=1S/C11H12ClNO/c1-7-10(13(2)11(7)14)8-3-5-9(12)6-4-8/h3-7,10H,1-2H3/t7-,10+/m1/s1. The van der Waals surface area contributed by atoms with Crippen LogP contribution in [0.5, 0.6) is 0 Å². The van der Waals surface area contributed by atoms with Gasteiger partial charge in [-0.2, -0.15) is 0 Å². The number of hydrogen-bond acceptors (Lipinski definition) is 1. The van der Waals surface area contributed by atoms with E-state index in [1.165, 1.54) is 0 Å². The summed E-state index contributed by atoms with van der Waals surface area (Å²) in [7, 11) is 1.83. The summed E-state index contributed by atoms with van der Waals surface area (Å²) in [6, 6.07) is 7.90. The van der Waals surface area contributed by atoms with Crippen LogP contribution in [0.25, 0.3) is 0 Å². The molecule has 0 radical (unpaired) electrons. The maximum atomic E-state index is 11.3. The van der Waals surface area contributed by atoms with Crippen LogP contribution >= 0.6 is 11.6 Å². The van der Waals surface area contributed by atoms with E-state index in [-0.39, 0.29) is 17.9 Å². The Labute approximate surface area is 88.5 Å². The zero-order valence-electron chi connectivity index (χ0n) is 8.20. The lowest BCUT2D eigenvalue weighted by atomic mass is 9.85. The fourth-order valence-electron chi connectivity index (χ4n) is 2.02. The van der Waals surface area contributed by atoms with Crippen molar-refractivity contribution in [3.8, 4) is 0 Å². The fraction of sp³-hybridized carbons (Fsp3) is 0.364. The van der Waals surface area contributed by atoms with Gasteiger partial charge in [0.2, 0.25) is 5.91 Å². The van der Waals surface area contributed by atoms with Crippen LogP contribution in [-0.2, 0) is 4.79 Å². The first kappa shape index (κ1) is 9.53. The van der Waals surface area contributed by atoms with Gasteiger partial charge < -0.3 is 4.90 Å². The number of rotatable bonds is 1. The first-order valence-electron chi connectivity index (χ1n) is 4.63. The van der Waals surface area contributed by atoms with Crippen LogP contribution in [0.2, 0.25) is 5.02 Å². The molecule has 2 rings (SSSR count). The third-order valence-electron chi connectivity index (χ3n) is 2.84. The molecule has 2 nitrogen and oxygen atoms in total. The predicted molar refractivity (Wildman–Crippen MR) is 56.1 cm³/mol. The molecule has 0 aliphatic carbocycles. The van der Waals surface area contributed by atoms with Crippen molar-refractivity contribution in [3.63, 3.8) is 0 Å². The first-order valence-corrected chi connectivity index (χ1v) is 5.01. The van der Waals surface area contributed by atoms with Gasteiger partial charge in [0.1, 0.15) is 0 Å². The number of carbonyl (C=O) groups is 1. The van der Waals surface area contributed by atoms with E-state index in [2.05, 4.69) is 0 Å². The van der Waals surface area contributed by atoms with Crippen LogP contribution in [0, 0.1) is 5.92 Å². The topological polar surface area (TPSA) is 20.3 Å². The van der Waals surface area contributed by atoms with Gasteiger partial charge in [-0.1, -0.05) is 30.7 Å². The molecule has 1 aromatic rings. The molecule has 0 unspecified atom stereocenters. The summed E-state index contributed by atoms with van der Waals surface area (Å²) in [5.41, 5.74) is 1.16. The smallest absolute Gasteiger partial charge is 0.228 e. The molecule has 1 heterocycles. The normalized spacial score (nSPS) is 26.2. The number of halogens is 1. The Morgan fingerprint density at radius 3 is 2.36 bits per heavy atom. The summed E-state index contributed by atoms with van der Waals surface area (Å²) < 4.78 is 0. The van der Waals surface area contributed by atoms with Crippen molar-refractivity contribution >= 4 is 17.5 Å². The highest BCUT2D eigenvalue weighted by Gasteiger charge is 2.42. The van der Waals surface area contributed by atoms with Crippen molar-refractivity contribution in [2.45, 2.75) is 13.0 Å². The van der Waals surface area contributed by atoms with Gasteiger partial charge >= 0.3 is 0 Å². The van der Waals surface area contributed by atoms with Gasteiger partial charge in [-0.3, -0.25) is 4.79 Å². The van der Waals surface area contributed by atoms with Crippen molar-refractivity contribution in [1.29, 1.82) is 0 Å². The molecular weight excluding hydrogens is 198 g/mol. The molecule has 1 aliphatic rings. The van der Waals surface area contributed by atoms with Gasteiger partial charge in [0, 0.05) is 12.1 Å². The molecule has 2 atom stereocenters. The molecule has 1 saturated heterocycles. The van der Waals surface area contributed by atoms with Crippen LogP contribution in [-0.4, -0.2) is 17.9 Å². The van der Waals surface area contributed by atoms with E-state index in [0.29, 0.717) is 0 Å². The Morgan fingerprint density at radius 1 is 1.29 bits per heavy atom.